The molecule has 0 aromatic carbocycles. The zero-order valence-corrected chi connectivity index (χ0v) is 11.2. The van der Waals surface area contributed by atoms with Crippen LogP contribution in [0.2, 0.25) is 0 Å². The smallest absolute Gasteiger partial charge is 0.260 e. The van der Waals surface area contributed by atoms with Crippen molar-refractivity contribution in [3.05, 3.63) is 18.3 Å². The van der Waals surface area contributed by atoms with E-state index in [0.29, 0.717) is 5.92 Å². The molecule has 1 aromatic rings. The molecule has 96 valence electrons. The number of nitrogens with zero attached hydrogens (tertiary/aromatic N) is 1. The van der Waals surface area contributed by atoms with Gasteiger partial charge in [-0.2, -0.15) is 0 Å². The highest BCUT2D eigenvalue weighted by molar-refractivity contribution is 7.89. The Hall–Kier alpha value is -1.14. The fraction of sp³-hybridized carbons (Fsp3) is 0.545. The van der Waals surface area contributed by atoms with E-state index in [2.05, 4.69) is 9.71 Å². The number of nitrogens with two attached hydrogens (primary N) is 1. The van der Waals surface area contributed by atoms with Crippen molar-refractivity contribution < 1.29 is 8.42 Å². The lowest BCUT2D eigenvalue weighted by molar-refractivity contribution is 0.481. The normalized spacial score (nSPS) is 13.9. The Labute approximate surface area is 102 Å². The van der Waals surface area contributed by atoms with Crippen LogP contribution in [0.1, 0.15) is 27.2 Å². The van der Waals surface area contributed by atoms with Gasteiger partial charge < -0.3 is 5.73 Å². The first-order chi connectivity index (χ1) is 7.83. The van der Waals surface area contributed by atoms with Crippen LogP contribution in [0.3, 0.4) is 0 Å². The maximum absolute atomic E-state index is 12.0. The summed E-state index contributed by atoms with van der Waals surface area (Å²) in [5.41, 5.74) is 5.77. The highest BCUT2D eigenvalue weighted by Crippen LogP contribution is 2.15. The summed E-state index contributed by atoms with van der Waals surface area (Å²) in [6.07, 6.45) is 2.18. The van der Waals surface area contributed by atoms with Crippen molar-refractivity contribution in [2.45, 2.75) is 38.3 Å². The monoisotopic (exact) mass is 257 g/mol. The van der Waals surface area contributed by atoms with E-state index in [0.717, 1.165) is 6.42 Å². The van der Waals surface area contributed by atoms with Gasteiger partial charge in [0.15, 0.2) is 5.03 Å². The van der Waals surface area contributed by atoms with Gasteiger partial charge in [-0.15, -0.1) is 0 Å². The lowest BCUT2D eigenvalue weighted by Crippen LogP contribution is -2.34. The first kappa shape index (κ1) is 13.9. The maximum atomic E-state index is 12.0. The number of nitrogen functional groups attached to an aromatic ring is 1. The standard InChI is InChI=1S/C11H19N3O2S/c1-8(2)7-9(3)14-17(15,16)11-10(12)5-4-6-13-11/h4-6,8-9,14H,7,12H2,1-3H3. The minimum absolute atomic E-state index is 0.101. The van der Waals surface area contributed by atoms with Gasteiger partial charge >= 0.3 is 0 Å². The van der Waals surface area contributed by atoms with Crippen LogP contribution < -0.4 is 10.5 Å². The van der Waals surface area contributed by atoms with E-state index in [-0.39, 0.29) is 16.8 Å². The molecule has 6 heteroatoms. The molecule has 1 heterocycles. The van der Waals surface area contributed by atoms with E-state index in [1.54, 1.807) is 6.07 Å². The van der Waals surface area contributed by atoms with E-state index in [4.69, 9.17) is 5.73 Å². The number of aromatic nitrogens is 1. The molecular weight excluding hydrogens is 238 g/mol. The number of anilines is 1. The molecule has 1 atom stereocenters. The van der Waals surface area contributed by atoms with Crippen molar-refractivity contribution in [1.29, 1.82) is 0 Å². The molecule has 0 fully saturated rings. The number of rotatable bonds is 5. The van der Waals surface area contributed by atoms with Gasteiger partial charge in [0, 0.05) is 12.2 Å². The molecule has 17 heavy (non-hydrogen) atoms. The predicted octanol–water partition coefficient (Wildman–Crippen LogP) is 1.38. The number of hydrogen-bond acceptors (Lipinski definition) is 4. The Morgan fingerprint density at radius 1 is 1.41 bits per heavy atom. The van der Waals surface area contributed by atoms with Crippen LogP contribution in [-0.2, 0) is 10.0 Å². The number of nitrogens with one attached hydrogen (secondary N) is 1. The van der Waals surface area contributed by atoms with Crippen molar-refractivity contribution in [2.75, 3.05) is 5.73 Å². The highest BCUT2D eigenvalue weighted by atomic mass is 32.2. The van der Waals surface area contributed by atoms with Crippen molar-refractivity contribution >= 4 is 15.7 Å². The topological polar surface area (TPSA) is 85.1 Å². The van der Waals surface area contributed by atoms with Gasteiger partial charge in [0.05, 0.1) is 5.69 Å². The summed E-state index contributed by atoms with van der Waals surface area (Å²) in [7, 11) is -3.62. The van der Waals surface area contributed by atoms with Gasteiger partial charge in [0.2, 0.25) is 0 Å². The largest absolute Gasteiger partial charge is 0.396 e. The third-order valence-electron chi connectivity index (χ3n) is 2.24. The zero-order chi connectivity index (χ0) is 13.1. The van der Waals surface area contributed by atoms with Crippen LogP contribution in [0.25, 0.3) is 0 Å². The molecule has 0 aliphatic heterocycles. The molecule has 0 saturated carbocycles. The number of pyridine rings is 1. The van der Waals surface area contributed by atoms with Gasteiger partial charge in [0.25, 0.3) is 10.0 Å². The first-order valence-corrected chi connectivity index (χ1v) is 7.04. The maximum Gasteiger partial charge on any atom is 0.260 e. The van der Waals surface area contributed by atoms with Crippen LogP contribution in [-0.4, -0.2) is 19.4 Å². The molecule has 1 rings (SSSR count). The van der Waals surface area contributed by atoms with Crippen molar-refractivity contribution in [3.63, 3.8) is 0 Å². The first-order valence-electron chi connectivity index (χ1n) is 5.55. The Kier molecular flexibility index (Phi) is 4.47. The fourth-order valence-electron chi connectivity index (χ4n) is 1.70. The second-order valence-electron chi connectivity index (χ2n) is 4.55. The summed E-state index contributed by atoms with van der Waals surface area (Å²) in [4.78, 5) is 3.81. The van der Waals surface area contributed by atoms with Gasteiger partial charge in [0.1, 0.15) is 0 Å². The second kappa shape index (κ2) is 5.46. The van der Waals surface area contributed by atoms with Crippen LogP contribution >= 0.6 is 0 Å². The number of hydrogen-bond donors (Lipinski definition) is 2. The van der Waals surface area contributed by atoms with Crippen molar-refractivity contribution in [3.8, 4) is 0 Å². The molecule has 0 aliphatic carbocycles. The fourth-order valence-corrected chi connectivity index (χ4v) is 3.02. The summed E-state index contributed by atoms with van der Waals surface area (Å²) in [6.45, 7) is 5.91. The van der Waals surface area contributed by atoms with Gasteiger partial charge in [-0.1, -0.05) is 13.8 Å². The predicted molar refractivity (Wildman–Crippen MR) is 67.9 cm³/mol. The molecule has 3 N–H and O–H groups in total. The Morgan fingerprint density at radius 2 is 2.06 bits per heavy atom. The Morgan fingerprint density at radius 3 is 2.59 bits per heavy atom. The molecule has 1 aromatic heterocycles. The lowest BCUT2D eigenvalue weighted by Gasteiger charge is -2.16. The SMILES string of the molecule is CC(C)CC(C)NS(=O)(=O)c1ncccc1N. The minimum Gasteiger partial charge on any atom is -0.396 e. The summed E-state index contributed by atoms with van der Waals surface area (Å²) < 4.78 is 26.6. The molecule has 0 saturated heterocycles. The van der Waals surface area contributed by atoms with E-state index in [9.17, 15) is 8.42 Å². The summed E-state index contributed by atoms with van der Waals surface area (Å²) in [5.74, 6) is 0.425. The van der Waals surface area contributed by atoms with Crippen LogP contribution in [0.15, 0.2) is 23.4 Å². The highest BCUT2D eigenvalue weighted by Gasteiger charge is 2.21. The summed E-state index contributed by atoms with van der Waals surface area (Å²) in [5, 5.41) is -0.101. The third-order valence-corrected chi connectivity index (χ3v) is 3.80. The summed E-state index contributed by atoms with van der Waals surface area (Å²) >= 11 is 0. The molecule has 0 bridgehead atoms. The Bertz CT molecular complexity index is 471. The van der Waals surface area contributed by atoms with E-state index >= 15 is 0 Å². The van der Waals surface area contributed by atoms with Crippen LogP contribution in [0.5, 0.6) is 0 Å². The van der Waals surface area contributed by atoms with Crippen LogP contribution in [0.4, 0.5) is 5.69 Å². The zero-order valence-electron chi connectivity index (χ0n) is 10.3. The summed E-state index contributed by atoms with van der Waals surface area (Å²) in [6, 6.07) is 2.99. The Balaban J connectivity index is 2.86. The van der Waals surface area contributed by atoms with E-state index < -0.39 is 10.0 Å². The van der Waals surface area contributed by atoms with Gasteiger partial charge in [-0.25, -0.2) is 18.1 Å². The molecule has 1 unspecified atom stereocenters. The average molecular weight is 257 g/mol. The molecule has 5 nitrogen and oxygen atoms in total. The average Bonchev–Trinajstić information content (AvgIpc) is 2.15. The van der Waals surface area contributed by atoms with Crippen molar-refractivity contribution in [1.82, 2.24) is 9.71 Å². The molecule has 0 amide bonds. The molecule has 0 aliphatic rings. The molecule has 0 spiro atoms. The minimum atomic E-state index is -3.62. The quantitative estimate of drug-likeness (QED) is 0.834. The van der Waals surface area contributed by atoms with E-state index in [1.807, 2.05) is 20.8 Å². The molecular formula is C11H19N3O2S. The van der Waals surface area contributed by atoms with Crippen molar-refractivity contribution in [2.24, 2.45) is 5.92 Å². The van der Waals surface area contributed by atoms with E-state index in [1.165, 1.54) is 12.3 Å². The van der Waals surface area contributed by atoms with Crippen LogP contribution in [0, 0.1) is 5.92 Å². The lowest BCUT2D eigenvalue weighted by atomic mass is 10.1. The number of sulfonamides is 1. The van der Waals surface area contributed by atoms with Gasteiger partial charge in [-0.3, -0.25) is 0 Å². The molecule has 0 radical (unpaired) electrons. The second-order valence-corrected chi connectivity index (χ2v) is 6.18. The third kappa shape index (κ3) is 3.98. The van der Waals surface area contributed by atoms with Gasteiger partial charge in [-0.05, 0) is 31.4 Å².